The van der Waals surface area contributed by atoms with Crippen molar-refractivity contribution in [2.75, 3.05) is 20.7 Å². The molecule has 0 spiro atoms. The molecule has 0 saturated carbocycles. The van der Waals surface area contributed by atoms with Gasteiger partial charge in [0, 0.05) is 18.3 Å². The molecular formula is C19H22N2O2. The maximum Gasteiger partial charge on any atom is 0.119 e. The SMILES string of the molecule is CNCC(O)C(c1cccc(OC)c1)n1ccc2ccccc21. The number of nitrogens with zero attached hydrogens (tertiary/aromatic N) is 1. The molecule has 4 nitrogen and oxygen atoms in total. The van der Waals surface area contributed by atoms with Gasteiger partial charge in [-0.1, -0.05) is 30.3 Å². The van der Waals surface area contributed by atoms with E-state index in [1.165, 1.54) is 0 Å². The molecule has 0 fully saturated rings. The lowest BCUT2D eigenvalue weighted by atomic mass is 10.00. The summed E-state index contributed by atoms with van der Waals surface area (Å²) in [5, 5.41) is 15.0. The van der Waals surface area contributed by atoms with E-state index in [1.54, 1.807) is 7.11 Å². The number of hydrogen-bond donors (Lipinski definition) is 2. The minimum Gasteiger partial charge on any atom is -0.497 e. The highest BCUT2D eigenvalue weighted by atomic mass is 16.5. The van der Waals surface area contributed by atoms with Gasteiger partial charge in [-0.3, -0.25) is 0 Å². The molecule has 4 heteroatoms. The first-order valence-corrected chi connectivity index (χ1v) is 7.77. The van der Waals surface area contributed by atoms with Crippen molar-refractivity contribution in [3.8, 4) is 5.75 Å². The summed E-state index contributed by atoms with van der Waals surface area (Å²) in [4.78, 5) is 0. The van der Waals surface area contributed by atoms with E-state index in [2.05, 4.69) is 28.1 Å². The number of benzene rings is 2. The van der Waals surface area contributed by atoms with Crippen LogP contribution in [0.15, 0.2) is 60.8 Å². The lowest BCUT2D eigenvalue weighted by molar-refractivity contribution is 0.132. The van der Waals surface area contributed by atoms with Gasteiger partial charge in [-0.05, 0) is 42.3 Å². The molecule has 3 aromatic rings. The fraction of sp³-hybridized carbons (Fsp3) is 0.263. The Bertz CT molecular complexity index is 782. The van der Waals surface area contributed by atoms with E-state index >= 15 is 0 Å². The van der Waals surface area contributed by atoms with Gasteiger partial charge in [0.15, 0.2) is 0 Å². The number of nitrogens with one attached hydrogen (secondary N) is 1. The van der Waals surface area contributed by atoms with Gasteiger partial charge >= 0.3 is 0 Å². The average molecular weight is 310 g/mol. The molecule has 0 aliphatic heterocycles. The van der Waals surface area contributed by atoms with Crippen molar-refractivity contribution >= 4 is 10.9 Å². The second kappa shape index (κ2) is 6.86. The molecule has 0 saturated heterocycles. The van der Waals surface area contributed by atoms with Gasteiger partial charge in [-0.2, -0.15) is 0 Å². The topological polar surface area (TPSA) is 46.4 Å². The number of fused-ring (bicyclic) bond motifs is 1. The Balaban J connectivity index is 2.11. The van der Waals surface area contributed by atoms with Crippen LogP contribution in [0.2, 0.25) is 0 Å². The highest BCUT2D eigenvalue weighted by Crippen LogP contribution is 2.29. The number of methoxy groups -OCH3 is 1. The molecule has 2 N–H and O–H groups in total. The zero-order chi connectivity index (χ0) is 16.2. The summed E-state index contributed by atoms with van der Waals surface area (Å²) in [6.07, 6.45) is 1.48. The third-order valence-corrected chi connectivity index (χ3v) is 4.14. The fourth-order valence-electron chi connectivity index (χ4n) is 3.06. The van der Waals surface area contributed by atoms with E-state index in [0.717, 1.165) is 22.2 Å². The van der Waals surface area contributed by atoms with E-state index in [-0.39, 0.29) is 6.04 Å². The monoisotopic (exact) mass is 310 g/mol. The first kappa shape index (κ1) is 15.6. The van der Waals surface area contributed by atoms with Crippen molar-refractivity contribution in [1.29, 1.82) is 0 Å². The Labute approximate surface area is 136 Å². The van der Waals surface area contributed by atoms with Crippen LogP contribution in [-0.2, 0) is 0 Å². The third-order valence-electron chi connectivity index (χ3n) is 4.14. The van der Waals surface area contributed by atoms with E-state index in [9.17, 15) is 5.11 Å². The number of aliphatic hydroxyl groups excluding tert-OH is 1. The fourth-order valence-corrected chi connectivity index (χ4v) is 3.06. The molecular weight excluding hydrogens is 288 g/mol. The number of hydrogen-bond acceptors (Lipinski definition) is 3. The van der Waals surface area contributed by atoms with Gasteiger partial charge in [0.2, 0.25) is 0 Å². The summed E-state index contributed by atoms with van der Waals surface area (Å²) in [6.45, 7) is 0.508. The van der Waals surface area contributed by atoms with Gasteiger partial charge in [-0.15, -0.1) is 0 Å². The molecule has 3 rings (SSSR count). The first-order chi connectivity index (χ1) is 11.2. The highest BCUT2D eigenvalue weighted by Gasteiger charge is 2.24. The number of rotatable bonds is 6. The maximum absolute atomic E-state index is 10.7. The first-order valence-electron chi connectivity index (χ1n) is 7.77. The Hall–Kier alpha value is -2.30. The number of likely N-dealkylation sites (N-methyl/N-ethyl adjacent to an activating group) is 1. The predicted octanol–water partition coefficient (Wildman–Crippen LogP) is 2.82. The summed E-state index contributed by atoms with van der Waals surface area (Å²) in [7, 11) is 3.50. The molecule has 120 valence electrons. The summed E-state index contributed by atoms with van der Waals surface area (Å²) in [5.74, 6) is 0.792. The lowest BCUT2D eigenvalue weighted by Crippen LogP contribution is -2.33. The van der Waals surface area contributed by atoms with Crippen molar-refractivity contribution in [2.45, 2.75) is 12.1 Å². The molecule has 2 atom stereocenters. The molecule has 2 aromatic carbocycles. The third kappa shape index (κ3) is 3.09. The number of ether oxygens (including phenoxy) is 1. The van der Waals surface area contributed by atoms with E-state index in [0.29, 0.717) is 6.54 Å². The standard InChI is InChI=1S/C19H22N2O2/c1-20-13-18(22)19(15-7-5-8-16(12-15)23-2)21-11-10-14-6-3-4-9-17(14)21/h3-12,18-20,22H,13H2,1-2H3. The van der Waals surface area contributed by atoms with Crippen LogP contribution >= 0.6 is 0 Å². The normalized spacial score (nSPS) is 13.9. The highest BCUT2D eigenvalue weighted by molar-refractivity contribution is 5.80. The second-order valence-corrected chi connectivity index (χ2v) is 5.63. The van der Waals surface area contributed by atoms with Gasteiger partial charge in [0.25, 0.3) is 0 Å². The molecule has 0 aliphatic carbocycles. The Kier molecular flexibility index (Phi) is 4.65. The summed E-state index contributed by atoms with van der Waals surface area (Å²) in [5.41, 5.74) is 2.13. The van der Waals surface area contributed by atoms with E-state index < -0.39 is 6.10 Å². The van der Waals surface area contributed by atoms with Crippen molar-refractivity contribution in [3.05, 3.63) is 66.4 Å². The molecule has 2 unspecified atom stereocenters. The predicted molar refractivity (Wildman–Crippen MR) is 93.0 cm³/mol. The number of aromatic nitrogens is 1. The van der Waals surface area contributed by atoms with Crippen molar-refractivity contribution in [2.24, 2.45) is 0 Å². The van der Waals surface area contributed by atoms with Crippen molar-refractivity contribution < 1.29 is 9.84 Å². The zero-order valence-electron chi connectivity index (χ0n) is 13.4. The van der Waals surface area contributed by atoms with Crippen molar-refractivity contribution in [3.63, 3.8) is 0 Å². The van der Waals surface area contributed by atoms with Crippen LogP contribution in [0.5, 0.6) is 5.75 Å². The number of para-hydroxylation sites is 1. The largest absolute Gasteiger partial charge is 0.497 e. The van der Waals surface area contributed by atoms with Gasteiger partial charge in [0.1, 0.15) is 5.75 Å². The molecule has 0 radical (unpaired) electrons. The van der Waals surface area contributed by atoms with Crippen LogP contribution < -0.4 is 10.1 Å². The Morgan fingerprint density at radius 2 is 1.96 bits per heavy atom. The molecule has 23 heavy (non-hydrogen) atoms. The summed E-state index contributed by atoms with van der Waals surface area (Å²) < 4.78 is 7.47. The summed E-state index contributed by atoms with van der Waals surface area (Å²) in [6, 6.07) is 18.0. The Morgan fingerprint density at radius 3 is 2.74 bits per heavy atom. The van der Waals surface area contributed by atoms with Crippen molar-refractivity contribution in [1.82, 2.24) is 9.88 Å². The molecule has 0 amide bonds. The van der Waals surface area contributed by atoms with Crippen LogP contribution in [0.4, 0.5) is 0 Å². The Morgan fingerprint density at radius 1 is 1.13 bits per heavy atom. The smallest absolute Gasteiger partial charge is 0.119 e. The average Bonchev–Trinajstić information content (AvgIpc) is 3.00. The van der Waals surface area contributed by atoms with Crippen LogP contribution in [0.25, 0.3) is 10.9 Å². The van der Waals surface area contributed by atoms with E-state index in [1.807, 2.05) is 49.6 Å². The second-order valence-electron chi connectivity index (χ2n) is 5.63. The molecule has 0 aliphatic rings. The molecule has 1 aromatic heterocycles. The minimum absolute atomic E-state index is 0.183. The lowest BCUT2D eigenvalue weighted by Gasteiger charge is -2.26. The maximum atomic E-state index is 10.7. The van der Waals surface area contributed by atoms with Gasteiger partial charge in [-0.25, -0.2) is 0 Å². The van der Waals surface area contributed by atoms with Gasteiger partial charge in [0.05, 0.1) is 19.3 Å². The van der Waals surface area contributed by atoms with Crippen LogP contribution in [-0.4, -0.2) is 36.5 Å². The van der Waals surface area contributed by atoms with Crippen LogP contribution in [0.3, 0.4) is 0 Å². The van der Waals surface area contributed by atoms with Crippen LogP contribution in [0, 0.1) is 0 Å². The molecule has 1 heterocycles. The van der Waals surface area contributed by atoms with Gasteiger partial charge < -0.3 is 19.7 Å². The van der Waals surface area contributed by atoms with Crippen LogP contribution in [0.1, 0.15) is 11.6 Å². The zero-order valence-corrected chi connectivity index (χ0v) is 13.4. The minimum atomic E-state index is -0.553. The summed E-state index contributed by atoms with van der Waals surface area (Å²) >= 11 is 0. The van der Waals surface area contributed by atoms with E-state index in [4.69, 9.17) is 4.74 Å². The quantitative estimate of drug-likeness (QED) is 0.736. The number of aliphatic hydroxyl groups is 1. The molecule has 0 bridgehead atoms.